The van der Waals surface area contributed by atoms with Crippen molar-refractivity contribution in [3.05, 3.63) is 29.3 Å². The number of nitrogens with two attached hydrogens (primary N) is 2. The molecule has 0 aromatic heterocycles. The summed E-state index contributed by atoms with van der Waals surface area (Å²) in [5.41, 5.74) is 13.4. The van der Waals surface area contributed by atoms with Gasteiger partial charge in [0.25, 0.3) is 0 Å². The number of likely N-dealkylation sites (tertiary alicyclic amines) is 1. The maximum Gasteiger partial charge on any atom is 0.249 e. The van der Waals surface area contributed by atoms with Crippen LogP contribution in [0.25, 0.3) is 0 Å². The number of hydrogen-bond acceptors (Lipinski definition) is 7. The molecule has 3 aliphatic heterocycles. The Morgan fingerprint density at radius 1 is 1.11 bits per heavy atom. The monoisotopic (exact) mass is 483 g/mol. The number of benzene rings is 1. The number of fused-ring (bicyclic) bond motifs is 1. The molecular weight excluding hydrogens is 446 g/mol. The van der Waals surface area contributed by atoms with Gasteiger partial charge in [0.2, 0.25) is 11.8 Å². The second-order valence-corrected chi connectivity index (χ2v) is 11.5. The second kappa shape index (κ2) is 8.87. The molecule has 9 heteroatoms. The Morgan fingerprint density at radius 2 is 1.80 bits per heavy atom. The first kappa shape index (κ1) is 24.2. The Labute approximate surface area is 206 Å². The fraction of sp³-hybridized carbons (Fsp3) is 0.654. The fourth-order valence-corrected chi connectivity index (χ4v) is 6.05. The molecule has 5 rings (SSSR count). The summed E-state index contributed by atoms with van der Waals surface area (Å²) < 4.78 is 5.59. The van der Waals surface area contributed by atoms with Crippen molar-refractivity contribution < 1.29 is 19.1 Å². The molecule has 190 valence electrons. The number of amides is 2. The van der Waals surface area contributed by atoms with E-state index in [0.29, 0.717) is 11.1 Å². The number of rotatable bonds is 5. The molecule has 35 heavy (non-hydrogen) atoms. The zero-order valence-electron chi connectivity index (χ0n) is 20.9. The van der Waals surface area contributed by atoms with Crippen LogP contribution in [0.5, 0.6) is 0 Å². The van der Waals surface area contributed by atoms with Crippen molar-refractivity contribution in [2.24, 2.45) is 16.9 Å². The summed E-state index contributed by atoms with van der Waals surface area (Å²) in [6, 6.07) is 5.29. The highest BCUT2D eigenvalue weighted by molar-refractivity contribution is 5.99. The average Bonchev–Trinajstić information content (AvgIpc) is 3.50. The van der Waals surface area contributed by atoms with Crippen LogP contribution in [0, 0.1) is 5.41 Å². The van der Waals surface area contributed by atoms with Crippen molar-refractivity contribution in [1.82, 2.24) is 9.80 Å². The van der Waals surface area contributed by atoms with Gasteiger partial charge in [0.05, 0.1) is 12.0 Å². The molecule has 4 aliphatic rings. The number of carbonyl (C=O) groups excluding carboxylic acids is 3. The van der Waals surface area contributed by atoms with Gasteiger partial charge in [-0.3, -0.25) is 19.3 Å². The van der Waals surface area contributed by atoms with E-state index < -0.39 is 35.4 Å². The molecule has 0 radical (unpaired) electrons. The summed E-state index contributed by atoms with van der Waals surface area (Å²) in [5, 5.41) is 0. The predicted octanol–water partition coefficient (Wildman–Crippen LogP) is 0.706. The van der Waals surface area contributed by atoms with E-state index in [4.69, 9.17) is 16.2 Å². The third-order valence-electron chi connectivity index (χ3n) is 7.97. The van der Waals surface area contributed by atoms with Gasteiger partial charge in [-0.05, 0) is 42.0 Å². The van der Waals surface area contributed by atoms with Gasteiger partial charge in [-0.1, -0.05) is 20.8 Å². The molecule has 3 heterocycles. The highest BCUT2D eigenvalue weighted by Gasteiger charge is 2.53. The van der Waals surface area contributed by atoms with Crippen LogP contribution < -0.4 is 16.4 Å². The Bertz CT molecular complexity index is 1030. The van der Waals surface area contributed by atoms with Gasteiger partial charge in [-0.2, -0.15) is 0 Å². The third-order valence-corrected chi connectivity index (χ3v) is 7.97. The molecule has 0 unspecified atom stereocenters. The van der Waals surface area contributed by atoms with Gasteiger partial charge in [-0.25, -0.2) is 0 Å². The van der Waals surface area contributed by atoms with Crippen molar-refractivity contribution in [2.45, 2.75) is 63.8 Å². The maximum absolute atomic E-state index is 14.1. The van der Waals surface area contributed by atoms with Crippen LogP contribution in [-0.4, -0.2) is 91.0 Å². The topological polar surface area (TPSA) is 122 Å². The molecule has 4 atom stereocenters. The maximum atomic E-state index is 14.1. The first-order valence-corrected chi connectivity index (χ1v) is 12.7. The van der Waals surface area contributed by atoms with Gasteiger partial charge in [0.15, 0.2) is 5.78 Å². The van der Waals surface area contributed by atoms with Gasteiger partial charge in [-0.15, -0.1) is 0 Å². The Balaban J connectivity index is 1.48. The lowest BCUT2D eigenvalue weighted by Gasteiger charge is -2.38. The van der Waals surface area contributed by atoms with Crippen LogP contribution in [0.4, 0.5) is 5.69 Å². The predicted molar refractivity (Wildman–Crippen MR) is 132 cm³/mol. The van der Waals surface area contributed by atoms with E-state index in [9.17, 15) is 14.4 Å². The lowest BCUT2D eigenvalue weighted by Crippen LogP contribution is -2.48. The zero-order chi connectivity index (χ0) is 25.1. The summed E-state index contributed by atoms with van der Waals surface area (Å²) in [4.78, 5) is 45.6. The number of Topliss-reactive ketones (excluding diaryl/α,β-unsaturated/α-hetero) is 1. The largest absolute Gasteiger partial charge is 0.369 e. The minimum Gasteiger partial charge on any atom is -0.369 e. The number of ketones is 1. The number of hydrogen-bond donors (Lipinski definition) is 2. The molecular formula is C26H37N5O4. The average molecular weight is 484 g/mol. The van der Waals surface area contributed by atoms with Crippen LogP contribution >= 0.6 is 0 Å². The lowest BCUT2D eigenvalue weighted by atomic mass is 9.73. The summed E-state index contributed by atoms with van der Waals surface area (Å²) in [6.45, 7) is 9.97. The van der Waals surface area contributed by atoms with Crippen molar-refractivity contribution in [2.75, 3.05) is 44.2 Å². The highest BCUT2D eigenvalue weighted by Crippen LogP contribution is 2.42. The number of nitrogens with zero attached hydrogens (tertiary/aromatic N) is 3. The number of piperazine rings is 1. The van der Waals surface area contributed by atoms with Crippen molar-refractivity contribution in [3.8, 4) is 0 Å². The van der Waals surface area contributed by atoms with Crippen LogP contribution in [0.3, 0.4) is 0 Å². The minimum absolute atomic E-state index is 0.0259. The number of carbonyl (C=O) groups is 3. The van der Waals surface area contributed by atoms with Crippen LogP contribution in [0.15, 0.2) is 18.2 Å². The van der Waals surface area contributed by atoms with Gasteiger partial charge in [0, 0.05) is 50.0 Å². The lowest BCUT2D eigenvalue weighted by molar-refractivity contribution is -0.139. The normalized spacial score (nSPS) is 28.3. The number of ether oxygens (including phenoxy) is 1. The third kappa shape index (κ3) is 4.45. The first-order chi connectivity index (χ1) is 16.6. The number of primary amides is 1. The summed E-state index contributed by atoms with van der Waals surface area (Å²) in [7, 11) is 0. The molecule has 9 nitrogen and oxygen atoms in total. The van der Waals surface area contributed by atoms with Crippen LogP contribution in [0.2, 0.25) is 0 Å². The first-order valence-electron chi connectivity index (χ1n) is 12.7. The molecule has 3 saturated heterocycles. The zero-order valence-corrected chi connectivity index (χ0v) is 20.9. The van der Waals surface area contributed by atoms with E-state index in [1.54, 1.807) is 11.0 Å². The molecule has 1 aromatic rings. The minimum atomic E-state index is -0.669. The molecule has 4 N–H and O–H groups in total. The summed E-state index contributed by atoms with van der Waals surface area (Å²) >= 11 is 0. The highest BCUT2D eigenvalue weighted by atomic mass is 16.5. The van der Waals surface area contributed by atoms with Crippen molar-refractivity contribution >= 4 is 23.3 Å². The fourth-order valence-electron chi connectivity index (χ4n) is 6.05. The van der Waals surface area contributed by atoms with E-state index in [0.717, 1.165) is 37.9 Å². The Hall–Kier alpha value is -2.49. The smallest absolute Gasteiger partial charge is 0.249 e. The van der Waals surface area contributed by atoms with Crippen LogP contribution in [0.1, 0.15) is 55.5 Å². The van der Waals surface area contributed by atoms with E-state index in [1.165, 1.54) is 12.8 Å². The second-order valence-electron chi connectivity index (χ2n) is 11.5. The molecule has 4 fully saturated rings. The SMILES string of the molecule is CC(C)(C)[C@H](C(=O)N1C[C@@H](N)[C@H]2OCC(=O)[C@H]21)c1cc(N2CCN(C3CC3)CC2)ccc1C(N)=O. The Morgan fingerprint density at radius 3 is 2.40 bits per heavy atom. The quantitative estimate of drug-likeness (QED) is 0.632. The van der Waals surface area contributed by atoms with E-state index in [-0.39, 0.29) is 24.8 Å². The molecule has 0 bridgehead atoms. The van der Waals surface area contributed by atoms with Crippen molar-refractivity contribution in [3.63, 3.8) is 0 Å². The Kier molecular flexibility index (Phi) is 6.14. The van der Waals surface area contributed by atoms with Crippen molar-refractivity contribution in [1.29, 1.82) is 0 Å². The molecule has 1 aromatic carbocycles. The van der Waals surface area contributed by atoms with Gasteiger partial charge >= 0.3 is 0 Å². The number of anilines is 1. The standard InChI is InChI=1S/C26H37N5O4/c1-26(2,3)21(25(34)31-13-19(27)23-22(31)20(32)14-35-23)18-12-16(6-7-17(18)24(28)33)30-10-8-29(9-11-30)15-4-5-15/h6-7,12,15,19,21-23H,4-5,8-11,13-14,27H2,1-3H3,(H2,28,33)/t19-,21+,22-,23-/m1/s1. The molecule has 1 aliphatic carbocycles. The summed E-state index contributed by atoms with van der Waals surface area (Å²) in [6.07, 6.45) is 2.11. The molecule has 0 spiro atoms. The van der Waals surface area contributed by atoms with Gasteiger partial charge in [0.1, 0.15) is 18.8 Å². The van der Waals surface area contributed by atoms with Crippen LogP contribution in [-0.2, 0) is 14.3 Å². The van der Waals surface area contributed by atoms with E-state index in [2.05, 4.69) is 9.80 Å². The van der Waals surface area contributed by atoms with E-state index >= 15 is 0 Å². The van der Waals surface area contributed by atoms with E-state index in [1.807, 2.05) is 32.9 Å². The molecule has 2 amide bonds. The van der Waals surface area contributed by atoms with Gasteiger partial charge < -0.3 is 26.0 Å². The molecule has 1 saturated carbocycles. The summed E-state index contributed by atoms with van der Waals surface area (Å²) in [5.74, 6) is -1.57.